The summed E-state index contributed by atoms with van der Waals surface area (Å²) in [5.41, 5.74) is 4.48. The zero-order chi connectivity index (χ0) is 51.4. The lowest BCUT2D eigenvalue weighted by molar-refractivity contribution is -0.384. The third-order valence-corrected chi connectivity index (χ3v) is 18.2. The number of hydrogen-bond acceptors (Lipinski definition) is 15. The number of nitro benzene ring substituents is 1. The molecule has 74 heavy (non-hydrogen) atoms. The van der Waals surface area contributed by atoms with Gasteiger partial charge in [0, 0.05) is 55.6 Å². The molecule has 6 heterocycles. The molecule has 2 saturated carbocycles. The second-order valence-electron chi connectivity index (χ2n) is 22.0. The number of pyridine rings is 1. The van der Waals surface area contributed by atoms with Gasteiger partial charge in [0.25, 0.3) is 21.6 Å². The molecule has 0 bridgehead atoms. The molecule has 0 unspecified atom stereocenters. The number of aliphatic hydroxyl groups is 1. The van der Waals surface area contributed by atoms with Crippen molar-refractivity contribution in [2.75, 3.05) is 80.9 Å². The van der Waals surface area contributed by atoms with Crippen LogP contribution in [0.5, 0.6) is 5.88 Å². The number of rotatable bonds is 12. The first-order valence-electron chi connectivity index (χ1n) is 26.4. The smallest absolute Gasteiger partial charge is 0.293 e. The maximum absolute atomic E-state index is 14.8. The van der Waals surface area contributed by atoms with E-state index in [4.69, 9.17) is 23.9 Å². The summed E-state index contributed by atoms with van der Waals surface area (Å²) in [6.07, 6.45) is 8.30. The van der Waals surface area contributed by atoms with Crippen molar-refractivity contribution in [3.63, 3.8) is 0 Å². The van der Waals surface area contributed by atoms with Gasteiger partial charge in [-0.15, -0.1) is 0 Å². The number of aromatic amines is 1. The van der Waals surface area contributed by atoms with Gasteiger partial charge in [-0.2, -0.15) is 4.98 Å². The second kappa shape index (κ2) is 20.4. The van der Waals surface area contributed by atoms with Gasteiger partial charge in [0.05, 0.1) is 71.8 Å². The highest BCUT2D eigenvalue weighted by Crippen LogP contribution is 2.54. The lowest BCUT2D eigenvalue weighted by Crippen LogP contribution is -2.58. The van der Waals surface area contributed by atoms with E-state index in [0.29, 0.717) is 74.1 Å². The van der Waals surface area contributed by atoms with Gasteiger partial charge in [0.15, 0.2) is 0 Å². The quantitative estimate of drug-likeness (QED) is 0.0685. The van der Waals surface area contributed by atoms with Gasteiger partial charge in [-0.05, 0) is 129 Å². The van der Waals surface area contributed by atoms with Crippen molar-refractivity contribution in [1.29, 1.82) is 0 Å². The van der Waals surface area contributed by atoms with Crippen molar-refractivity contribution < 1.29 is 42.2 Å². The Labute approximate surface area is 432 Å². The predicted molar refractivity (Wildman–Crippen MR) is 281 cm³/mol. The first-order valence-corrected chi connectivity index (χ1v) is 27.9. The Morgan fingerprint density at radius 1 is 0.932 bits per heavy atom. The third-order valence-electron chi connectivity index (χ3n) is 16.8. The monoisotopic (exact) mass is 1030 g/mol. The largest absolute Gasteiger partial charge is 0.473 e. The van der Waals surface area contributed by atoms with E-state index in [0.717, 1.165) is 81.9 Å². The van der Waals surface area contributed by atoms with Gasteiger partial charge in [0.1, 0.15) is 29.7 Å². The van der Waals surface area contributed by atoms with Crippen molar-refractivity contribution in [3.05, 3.63) is 106 Å². The molecule has 18 nitrogen and oxygen atoms in total. The van der Waals surface area contributed by atoms with Gasteiger partial charge < -0.3 is 44.2 Å². The fourth-order valence-electron chi connectivity index (χ4n) is 12.5. The highest BCUT2D eigenvalue weighted by Gasteiger charge is 2.50. The van der Waals surface area contributed by atoms with Gasteiger partial charge >= 0.3 is 0 Å². The maximum Gasteiger partial charge on any atom is 0.293 e. The molecule has 19 heteroatoms. The molecule has 1 spiro atoms. The molecule has 2 aliphatic carbocycles. The van der Waals surface area contributed by atoms with E-state index in [9.17, 15) is 28.4 Å². The number of anilines is 4. The standard InChI is InChI=1S/C55H68N8O10S/c1-35(2)41-6-4-5-7-42(41)48-32-70-23-22-61(48)39-29-55(30-39)17-20-60(21-18-55)38-8-10-43(45(27-38)62-47-26-37-14-19-56-51(37)58-53(47)73-34-50-49(62)33-71-24-25-72-50)52(64)59-74(68,69)40-9-11-44(46(28-40)63(66)67)57-31-36-12-15-54(3,65)16-13-36/h4-11,14,19,26-28,35-36,39,48-50,57,65H,12-13,15-18,20-25,29-34H2,1-3H3,(H,56,58)(H,59,64)/t36?,48-,49-,50+,54?/m0/s1. The van der Waals surface area contributed by atoms with Crippen LogP contribution in [0.2, 0.25) is 0 Å². The average molecular weight is 1030 g/mol. The van der Waals surface area contributed by atoms with Crippen molar-refractivity contribution >= 4 is 55.4 Å². The number of nitrogens with one attached hydrogen (secondary N) is 3. The number of aromatic nitrogens is 2. The molecule has 0 radical (unpaired) electrons. The number of carbonyl (C=O) groups is 1. The zero-order valence-electron chi connectivity index (χ0n) is 42.5. The van der Waals surface area contributed by atoms with Crippen molar-refractivity contribution in [3.8, 4) is 5.88 Å². The lowest BCUT2D eigenvalue weighted by atomic mass is 9.59. The molecule has 5 aromatic rings. The lowest BCUT2D eigenvalue weighted by Gasteiger charge is -2.57. The van der Waals surface area contributed by atoms with Crippen LogP contribution in [0.4, 0.5) is 28.4 Å². The Balaban J connectivity index is 0.881. The van der Waals surface area contributed by atoms with E-state index >= 15 is 0 Å². The molecular weight excluding hydrogens is 965 g/mol. The minimum atomic E-state index is -4.66. The van der Waals surface area contributed by atoms with Crippen LogP contribution < -0.4 is 24.6 Å². The summed E-state index contributed by atoms with van der Waals surface area (Å²) < 4.78 is 55.8. The fraction of sp³-hybridized carbons (Fsp3) is 0.527. The summed E-state index contributed by atoms with van der Waals surface area (Å²) >= 11 is 0. The second-order valence-corrected chi connectivity index (χ2v) is 23.7. The average Bonchev–Trinajstić information content (AvgIpc) is 3.65. The van der Waals surface area contributed by atoms with Crippen LogP contribution in [0, 0.1) is 21.4 Å². The Hall–Kier alpha value is -5.83. The van der Waals surface area contributed by atoms with E-state index in [-0.39, 0.29) is 41.8 Å². The topological polar surface area (TPSA) is 214 Å². The number of fused-ring (bicyclic) bond motifs is 3. The first-order chi connectivity index (χ1) is 35.6. The number of H-pyrrole nitrogens is 1. The Morgan fingerprint density at radius 3 is 2.50 bits per heavy atom. The van der Waals surface area contributed by atoms with Crippen LogP contribution >= 0.6 is 0 Å². The minimum Gasteiger partial charge on any atom is -0.473 e. The molecule has 394 valence electrons. The Bertz CT molecular complexity index is 2990. The summed E-state index contributed by atoms with van der Waals surface area (Å²) in [5, 5.41) is 26.8. The molecule has 11 rings (SSSR count). The van der Waals surface area contributed by atoms with Crippen LogP contribution in [-0.4, -0.2) is 129 Å². The molecule has 3 aromatic carbocycles. The van der Waals surface area contributed by atoms with Crippen LogP contribution in [0.25, 0.3) is 11.0 Å². The van der Waals surface area contributed by atoms with Crippen LogP contribution in [0.3, 0.4) is 0 Å². The molecule has 1 amide bonds. The van der Waals surface area contributed by atoms with E-state index in [1.54, 1.807) is 12.3 Å². The SMILES string of the molecule is CC(C)c1ccccc1[C@@H]1COCCN1C1CC2(CCN(c3ccc(C(=O)NS(=O)(=O)c4ccc(NCC5CCC(C)(O)CC5)c([N+](=O)[O-])c4)c(N4c5cc6cc[nH]c6nc5OC[C@H]5OCCOC[C@@H]54)c3)CC2)C1. The molecule has 6 aliphatic rings. The maximum atomic E-state index is 14.8. The molecule has 2 aromatic heterocycles. The zero-order valence-corrected chi connectivity index (χ0v) is 43.3. The van der Waals surface area contributed by atoms with Crippen molar-refractivity contribution in [2.45, 2.75) is 113 Å². The number of benzene rings is 3. The molecule has 4 N–H and O–H groups in total. The number of amides is 1. The van der Waals surface area contributed by atoms with Gasteiger partial charge in [-0.1, -0.05) is 38.1 Å². The van der Waals surface area contributed by atoms with E-state index in [1.807, 2.05) is 36.1 Å². The summed E-state index contributed by atoms with van der Waals surface area (Å²) in [7, 11) is -4.66. The fourth-order valence-corrected chi connectivity index (χ4v) is 13.5. The molecular formula is C55H68N8O10S. The number of ether oxygens (including phenoxy) is 4. The van der Waals surface area contributed by atoms with Crippen LogP contribution in [0.15, 0.2) is 83.9 Å². The summed E-state index contributed by atoms with van der Waals surface area (Å²) in [6, 6.07) is 21.9. The third kappa shape index (κ3) is 10.1. The molecule has 4 aliphatic heterocycles. The van der Waals surface area contributed by atoms with Crippen LogP contribution in [-0.2, 0) is 24.2 Å². The highest BCUT2D eigenvalue weighted by atomic mass is 32.2. The normalized spacial score (nSPS) is 25.6. The number of sulfonamides is 1. The van der Waals surface area contributed by atoms with E-state index in [1.165, 1.54) is 23.3 Å². The van der Waals surface area contributed by atoms with Gasteiger partial charge in [-0.25, -0.2) is 13.1 Å². The number of morpholine rings is 1. The molecule has 3 atom stereocenters. The molecule has 3 saturated heterocycles. The van der Waals surface area contributed by atoms with Crippen molar-refractivity contribution in [2.24, 2.45) is 11.3 Å². The van der Waals surface area contributed by atoms with Crippen molar-refractivity contribution in [1.82, 2.24) is 19.6 Å². The Morgan fingerprint density at radius 2 is 1.72 bits per heavy atom. The van der Waals surface area contributed by atoms with E-state index < -0.39 is 49.2 Å². The van der Waals surface area contributed by atoms with Gasteiger partial charge in [0.2, 0.25) is 5.88 Å². The van der Waals surface area contributed by atoms with Gasteiger partial charge in [-0.3, -0.25) is 19.8 Å². The molecule has 5 fully saturated rings. The minimum absolute atomic E-state index is 0.0519. The predicted octanol–water partition coefficient (Wildman–Crippen LogP) is 8.20. The number of carbonyl (C=O) groups excluding carboxylic acids is 1. The number of nitro groups is 1. The summed E-state index contributed by atoms with van der Waals surface area (Å²) in [5.74, 6) is -0.00194. The first kappa shape index (κ1) is 50.3. The summed E-state index contributed by atoms with van der Waals surface area (Å²) in [4.78, 5) is 41.2. The van der Waals surface area contributed by atoms with E-state index in [2.05, 4.69) is 62.9 Å². The van der Waals surface area contributed by atoms with Crippen LogP contribution in [0.1, 0.15) is 106 Å². The number of piperidine rings is 1. The summed E-state index contributed by atoms with van der Waals surface area (Å²) in [6.45, 7) is 11.8. The highest BCUT2D eigenvalue weighted by molar-refractivity contribution is 7.90. The number of hydrogen-bond donors (Lipinski definition) is 4. The number of nitrogens with zero attached hydrogens (tertiary/aromatic N) is 5. The Kier molecular flexibility index (Phi) is 13.9.